The van der Waals surface area contributed by atoms with E-state index in [1.54, 1.807) is 13.1 Å². The largest absolute Gasteiger partial charge is 0.493 e. The number of methoxy groups -OCH3 is 1. The second kappa shape index (κ2) is 6.15. The van der Waals surface area contributed by atoms with E-state index in [0.717, 1.165) is 5.56 Å². The van der Waals surface area contributed by atoms with Gasteiger partial charge in [-0.25, -0.2) is 0 Å². The number of hydrogen-bond donors (Lipinski definition) is 1. The molecule has 18 heavy (non-hydrogen) atoms. The predicted molar refractivity (Wildman–Crippen MR) is 62.3 cm³/mol. The van der Waals surface area contributed by atoms with Crippen molar-refractivity contribution in [3.8, 4) is 11.5 Å². The molecule has 0 spiro atoms. The average molecular weight is 284 g/mol. The number of hydrogen-bond acceptors (Lipinski definition) is 3. The van der Waals surface area contributed by atoms with Crippen LogP contribution < -0.4 is 14.8 Å². The molecule has 1 N–H and O–H groups in total. The molecule has 1 aromatic rings. The van der Waals surface area contributed by atoms with Crippen LogP contribution in [0.25, 0.3) is 0 Å². The van der Waals surface area contributed by atoms with Gasteiger partial charge in [0.2, 0.25) is 0 Å². The average Bonchev–Trinajstić information content (AvgIpc) is 2.26. The van der Waals surface area contributed by atoms with Crippen LogP contribution in [0.2, 0.25) is 5.02 Å². The first-order chi connectivity index (χ1) is 8.37. The first kappa shape index (κ1) is 14.9. The summed E-state index contributed by atoms with van der Waals surface area (Å²) in [5.41, 5.74) is 0.790. The van der Waals surface area contributed by atoms with E-state index >= 15 is 0 Å². The van der Waals surface area contributed by atoms with E-state index in [1.165, 1.54) is 13.2 Å². The smallest absolute Gasteiger partial charge is 0.422 e. The van der Waals surface area contributed by atoms with Crippen LogP contribution in [0.3, 0.4) is 0 Å². The van der Waals surface area contributed by atoms with Crippen LogP contribution in [-0.2, 0) is 6.54 Å². The third kappa shape index (κ3) is 4.27. The first-order valence-corrected chi connectivity index (χ1v) is 5.45. The molecule has 1 aromatic carbocycles. The quantitative estimate of drug-likeness (QED) is 0.901. The van der Waals surface area contributed by atoms with Gasteiger partial charge in [-0.15, -0.1) is 0 Å². The van der Waals surface area contributed by atoms with Crippen LogP contribution in [0.15, 0.2) is 12.1 Å². The second-order valence-electron chi connectivity index (χ2n) is 3.54. The molecule has 0 aliphatic rings. The summed E-state index contributed by atoms with van der Waals surface area (Å²) in [4.78, 5) is 0. The Morgan fingerprint density at radius 3 is 2.50 bits per heavy atom. The SMILES string of the molecule is CNCc1cc(Cl)c(OCC(F)(F)F)c(OC)c1. The zero-order valence-corrected chi connectivity index (χ0v) is 10.7. The lowest BCUT2D eigenvalue weighted by molar-refractivity contribution is -0.153. The Hall–Kier alpha value is -1.14. The number of nitrogens with one attached hydrogen (secondary N) is 1. The molecule has 0 atom stereocenters. The lowest BCUT2D eigenvalue weighted by Gasteiger charge is -2.15. The monoisotopic (exact) mass is 283 g/mol. The highest BCUT2D eigenvalue weighted by Gasteiger charge is 2.29. The van der Waals surface area contributed by atoms with Gasteiger partial charge in [-0.05, 0) is 24.7 Å². The number of rotatable bonds is 5. The van der Waals surface area contributed by atoms with Crippen molar-refractivity contribution in [1.82, 2.24) is 5.32 Å². The Labute approximate surface area is 108 Å². The lowest BCUT2D eigenvalue weighted by atomic mass is 10.2. The summed E-state index contributed by atoms with van der Waals surface area (Å²) in [7, 11) is 3.09. The van der Waals surface area contributed by atoms with E-state index in [2.05, 4.69) is 10.1 Å². The van der Waals surface area contributed by atoms with Crippen molar-refractivity contribution in [2.75, 3.05) is 20.8 Å². The van der Waals surface area contributed by atoms with Crippen molar-refractivity contribution in [2.45, 2.75) is 12.7 Å². The van der Waals surface area contributed by atoms with Gasteiger partial charge in [-0.1, -0.05) is 11.6 Å². The molecule has 0 unspecified atom stereocenters. The summed E-state index contributed by atoms with van der Waals surface area (Å²) in [6.45, 7) is -0.885. The van der Waals surface area contributed by atoms with Gasteiger partial charge >= 0.3 is 6.18 Å². The molecule has 0 saturated carbocycles. The van der Waals surface area contributed by atoms with Gasteiger partial charge in [-0.3, -0.25) is 0 Å². The Morgan fingerprint density at radius 2 is 2.00 bits per heavy atom. The van der Waals surface area contributed by atoms with E-state index in [0.29, 0.717) is 6.54 Å². The molecule has 0 fully saturated rings. The summed E-state index contributed by atoms with van der Waals surface area (Å²) in [5, 5.41) is 2.99. The highest BCUT2D eigenvalue weighted by Crippen LogP contribution is 2.37. The third-order valence-electron chi connectivity index (χ3n) is 2.05. The maximum absolute atomic E-state index is 12.1. The Bertz CT molecular complexity index is 410. The van der Waals surface area contributed by atoms with Crippen LogP contribution in [0.1, 0.15) is 5.56 Å². The molecule has 3 nitrogen and oxygen atoms in total. The minimum Gasteiger partial charge on any atom is -0.493 e. The van der Waals surface area contributed by atoms with Gasteiger partial charge < -0.3 is 14.8 Å². The normalized spacial score (nSPS) is 11.4. The van der Waals surface area contributed by atoms with Gasteiger partial charge in [0.05, 0.1) is 12.1 Å². The van der Waals surface area contributed by atoms with Crippen LogP contribution in [-0.4, -0.2) is 26.9 Å². The molecule has 0 saturated heterocycles. The predicted octanol–water partition coefficient (Wildman–Crippen LogP) is 3.01. The Morgan fingerprint density at radius 1 is 1.33 bits per heavy atom. The van der Waals surface area contributed by atoms with Gasteiger partial charge in [0.25, 0.3) is 0 Å². The summed E-state index contributed by atoms with van der Waals surface area (Å²) in [5.74, 6) is 0.0772. The summed E-state index contributed by atoms with van der Waals surface area (Å²) in [6.07, 6.45) is -4.42. The van der Waals surface area contributed by atoms with Crippen LogP contribution >= 0.6 is 11.6 Å². The highest BCUT2D eigenvalue weighted by molar-refractivity contribution is 6.32. The number of ether oxygens (including phenoxy) is 2. The van der Waals surface area contributed by atoms with Crippen molar-refractivity contribution >= 4 is 11.6 Å². The molecule has 0 heterocycles. The van der Waals surface area contributed by atoms with E-state index in [4.69, 9.17) is 16.3 Å². The molecule has 0 aliphatic carbocycles. The van der Waals surface area contributed by atoms with Gasteiger partial charge in [-0.2, -0.15) is 13.2 Å². The zero-order valence-electron chi connectivity index (χ0n) is 9.90. The molecular formula is C11H13ClF3NO2. The zero-order chi connectivity index (χ0) is 13.8. The first-order valence-electron chi connectivity index (χ1n) is 5.08. The van der Waals surface area contributed by atoms with Crippen molar-refractivity contribution in [1.29, 1.82) is 0 Å². The molecule has 7 heteroatoms. The molecule has 0 radical (unpaired) electrons. The number of benzene rings is 1. The van der Waals surface area contributed by atoms with Crippen molar-refractivity contribution < 1.29 is 22.6 Å². The minimum atomic E-state index is -4.42. The van der Waals surface area contributed by atoms with Crippen LogP contribution in [0.5, 0.6) is 11.5 Å². The van der Waals surface area contributed by atoms with E-state index in [-0.39, 0.29) is 16.5 Å². The molecule has 0 aliphatic heterocycles. The molecule has 0 bridgehead atoms. The molecule has 0 aromatic heterocycles. The summed E-state index contributed by atoms with van der Waals surface area (Å²) >= 11 is 5.88. The summed E-state index contributed by atoms with van der Waals surface area (Å²) in [6, 6.07) is 3.11. The van der Waals surface area contributed by atoms with Gasteiger partial charge in [0.1, 0.15) is 0 Å². The van der Waals surface area contributed by atoms with E-state index in [1.807, 2.05) is 0 Å². The molecule has 0 amide bonds. The van der Waals surface area contributed by atoms with Crippen molar-refractivity contribution in [2.24, 2.45) is 0 Å². The van der Waals surface area contributed by atoms with E-state index in [9.17, 15) is 13.2 Å². The molecular weight excluding hydrogens is 271 g/mol. The van der Waals surface area contributed by atoms with Gasteiger partial charge in [0.15, 0.2) is 18.1 Å². The molecule has 102 valence electrons. The lowest BCUT2D eigenvalue weighted by Crippen LogP contribution is -2.19. The summed E-state index contributed by atoms with van der Waals surface area (Å²) < 4.78 is 45.9. The van der Waals surface area contributed by atoms with E-state index < -0.39 is 12.8 Å². The van der Waals surface area contributed by atoms with Crippen LogP contribution in [0.4, 0.5) is 13.2 Å². The van der Waals surface area contributed by atoms with Gasteiger partial charge in [0, 0.05) is 6.54 Å². The number of alkyl halides is 3. The highest BCUT2D eigenvalue weighted by atomic mass is 35.5. The maximum Gasteiger partial charge on any atom is 0.422 e. The van der Waals surface area contributed by atoms with Crippen molar-refractivity contribution in [3.63, 3.8) is 0 Å². The topological polar surface area (TPSA) is 30.5 Å². The minimum absolute atomic E-state index is 0.0869. The Balaban J connectivity index is 2.96. The fraction of sp³-hybridized carbons (Fsp3) is 0.455. The maximum atomic E-state index is 12.1. The standard InChI is InChI=1S/C11H13ClF3NO2/c1-16-5-7-3-8(12)10(9(4-7)17-2)18-6-11(13,14)15/h3-4,16H,5-6H2,1-2H3. The van der Waals surface area contributed by atoms with Crippen molar-refractivity contribution in [3.05, 3.63) is 22.7 Å². The second-order valence-corrected chi connectivity index (χ2v) is 3.95. The van der Waals surface area contributed by atoms with Crippen LogP contribution in [0, 0.1) is 0 Å². The number of halogens is 4. The Kier molecular flexibility index (Phi) is 5.10. The third-order valence-corrected chi connectivity index (χ3v) is 2.33. The molecule has 1 rings (SSSR count). The fourth-order valence-electron chi connectivity index (χ4n) is 1.37. The fourth-order valence-corrected chi connectivity index (χ4v) is 1.66.